The Morgan fingerprint density at radius 2 is 1.76 bits per heavy atom. The van der Waals surface area contributed by atoms with Crippen LogP contribution in [0.4, 0.5) is 0 Å². The molecule has 100 valence electrons. The minimum Gasteiger partial charge on any atom is -0.377 e. The molecule has 0 radical (unpaired) electrons. The van der Waals surface area contributed by atoms with Gasteiger partial charge in [0.25, 0.3) is 0 Å². The predicted octanol–water partition coefficient (Wildman–Crippen LogP) is 0.389. The number of rotatable bonds is 4. The molecular weight excluding hydrogens is 214 g/mol. The summed E-state index contributed by atoms with van der Waals surface area (Å²) in [6.45, 7) is 13.8. The van der Waals surface area contributed by atoms with Gasteiger partial charge < -0.3 is 10.1 Å². The smallest absolute Gasteiger partial charge is 0.0774 e. The van der Waals surface area contributed by atoms with Crippen LogP contribution in [0.2, 0.25) is 0 Å². The summed E-state index contributed by atoms with van der Waals surface area (Å²) in [5.41, 5.74) is -0.0554. The number of hydrogen-bond donors (Lipinski definition) is 1. The molecule has 2 fully saturated rings. The molecule has 2 heterocycles. The molecule has 4 heteroatoms. The summed E-state index contributed by atoms with van der Waals surface area (Å²) in [6.07, 6.45) is 0. The average Bonchev–Trinajstić information content (AvgIpc) is 2.27. The lowest BCUT2D eigenvalue weighted by atomic mass is 9.97. The predicted molar refractivity (Wildman–Crippen MR) is 70.4 cm³/mol. The number of nitrogens with zero attached hydrogens (tertiary/aromatic N) is 2. The summed E-state index contributed by atoms with van der Waals surface area (Å²) < 4.78 is 5.59. The van der Waals surface area contributed by atoms with E-state index in [1.165, 1.54) is 39.3 Å². The van der Waals surface area contributed by atoms with E-state index < -0.39 is 0 Å². The molecule has 0 amide bonds. The van der Waals surface area contributed by atoms with E-state index in [1.54, 1.807) is 0 Å². The summed E-state index contributed by atoms with van der Waals surface area (Å²) in [7, 11) is 1.81. The summed E-state index contributed by atoms with van der Waals surface area (Å²) >= 11 is 0. The van der Waals surface area contributed by atoms with Crippen LogP contribution in [0.3, 0.4) is 0 Å². The van der Waals surface area contributed by atoms with Crippen LogP contribution in [-0.4, -0.2) is 73.9 Å². The minimum atomic E-state index is -0.0554. The maximum atomic E-state index is 5.59. The Morgan fingerprint density at radius 1 is 1.18 bits per heavy atom. The number of nitrogens with one attached hydrogen (secondary N) is 1. The first kappa shape index (κ1) is 13.3. The van der Waals surface area contributed by atoms with Crippen molar-refractivity contribution in [3.8, 4) is 0 Å². The van der Waals surface area contributed by atoms with Crippen molar-refractivity contribution in [1.29, 1.82) is 0 Å². The van der Waals surface area contributed by atoms with Crippen molar-refractivity contribution in [2.45, 2.75) is 38.5 Å². The van der Waals surface area contributed by atoms with Crippen LogP contribution >= 0.6 is 0 Å². The number of hydrogen-bond acceptors (Lipinski definition) is 4. The van der Waals surface area contributed by atoms with Crippen LogP contribution in [0, 0.1) is 0 Å². The van der Waals surface area contributed by atoms with Crippen molar-refractivity contribution in [3.63, 3.8) is 0 Å². The molecule has 0 aliphatic carbocycles. The van der Waals surface area contributed by atoms with Crippen LogP contribution in [-0.2, 0) is 4.74 Å². The second kappa shape index (κ2) is 5.22. The van der Waals surface area contributed by atoms with E-state index in [0.717, 1.165) is 6.04 Å². The van der Waals surface area contributed by atoms with Gasteiger partial charge in [0, 0.05) is 58.5 Å². The molecule has 2 saturated heterocycles. The van der Waals surface area contributed by atoms with Crippen molar-refractivity contribution in [2.24, 2.45) is 0 Å². The van der Waals surface area contributed by atoms with Gasteiger partial charge in [0.05, 0.1) is 5.60 Å². The van der Waals surface area contributed by atoms with Gasteiger partial charge in [-0.1, -0.05) is 0 Å². The molecule has 1 unspecified atom stereocenters. The monoisotopic (exact) mass is 241 g/mol. The molecule has 2 aliphatic heterocycles. The molecule has 1 atom stereocenters. The molecule has 0 bridgehead atoms. The lowest BCUT2D eigenvalue weighted by molar-refractivity contribution is -0.0617. The number of ether oxygens (including phenoxy) is 1. The highest BCUT2D eigenvalue weighted by Gasteiger charge is 2.34. The first-order valence-corrected chi connectivity index (χ1v) is 6.78. The van der Waals surface area contributed by atoms with Crippen LogP contribution in [0.1, 0.15) is 20.8 Å². The first-order chi connectivity index (χ1) is 8.04. The third-order valence-electron chi connectivity index (χ3n) is 4.71. The van der Waals surface area contributed by atoms with E-state index in [4.69, 9.17) is 4.74 Å². The zero-order chi connectivity index (χ0) is 12.5. The maximum Gasteiger partial charge on any atom is 0.0774 e. The summed E-state index contributed by atoms with van der Waals surface area (Å²) in [4.78, 5) is 5.19. The van der Waals surface area contributed by atoms with Crippen LogP contribution in [0.15, 0.2) is 0 Å². The van der Waals surface area contributed by atoms with Gasteiger partial charge in [-0.2, -0.15) is 0 Å². The maximum absolute atomic E-state index is 5.59. The Hall–Kier alpha value is -0.160. The largest absolute Gasteiger partial charge is 0.377 e. The van der Waals surface area contributed by atoms with Crippen molar-refractivity contribution < 1.29 is 4.74 Å². The molecular formula is C13H27N3O. The summed E-state index contributed by atoms with van der Waals surface area (Å²) in [5, 5.41) is 3.35. The molecule has 17 heavy (non-hydrogen) atoms. The first-order valence-electron chi connectivity index (χ1n) is 6.78. The van der Waals surface area contributed by atoms with E-state index >= 15 is 0 Å². The fourth-order valence-electron chi connectivity index (χ4n) is 2.63. The highest BCUT2D eigenvalue weighted by Crippen LogP contribution is 2.21. The van der Waals surface area contributed by atoms with Gasteiger partial charge >= 0.3 is 0 Å². The Labute approximate surface area is 105 Å². The highest BCUT2D eigenvalue weighted by molar-refractivity contribution is 4.91. The molecule has 0 spiro atoms. The standard InChI is InChI=1S/C13H27N3O/c1-11(13(2,3)17-4)15-5-7-16(8-6-15)12-9-14-10-12/h11-12,14H,5-10H2,1-4H3. The Morgan fingerprint density at radius 3 is 2.18 bits per heavy atom. The van der Waals surface area contributed by atoms with Crippen LogP contribution in [0.25, 0.3) is 0 Å². The van der Waals surface area contributed by atoms with Gasteiger partial charge in [0.2, 0.25) is 0 Å². The normalized spacial score (nSPS) is 26.8. The SMILES string of the molecule is COC(C)(C)C(C)N1CCN(C2CNC2)CC1. The lowest BCUT2D eigenvalue weighted by Gasteiger charge is -2.47. The fourth-order valence-corrected chi connectivity index (χ4v) is 2.63. The van der Waals surface area contributed by atoms with Gasteiger partial charge in [-0.15, -0.1) is 0 Å². The molecule has 0 aromatic carbocycles. The Kier molecular flexibility index (Phi) is 4.08. The summed E-state index contributed by atoms with van der Waals surface area (Å²) in [5.74, 6) is 0. The van der Waals surface area contributed by atoms with E-state index in [2.05, 4.69) is 35.9 Å². The van der Waals surface area contributed by atoms with Gasteiger partial charge in [-0.3, -0.25) is 9.80 Å². The minimum absolute atomic E-state index is 0.0554. The number of piperazine rings is 1. The van der Waals surface area contributed by atoms with Crippen LogP contribution in [0.5, 0.6) is 0 Å². The van der Waals surface area contributed by atoms with Gasteiger partial charge in [-0.25, -0.2) is 0 Å². The zero-order valence-electron chi connectivity index (χ0n) is 11.7. The van der Waals surface area contributed by atoms with E-state index in [-0.39, 0.29) is 5.60 Å². The second-order valence-corrected chi connectivity index (χ2v) is 5.87. The highest BCUT2D eigenvalue weighted by atomic mass is 16.5. The number of methoxy groups -OCH3 is 1. The van der Waals surface area contributed by atoms with E-state index in [0.29, 0.717) is 6.04 Å². The van der Waals surface area contributed by atoms with Gasteiger partial charge in [0.15, 0.2) is 0 Å². The quantitative estimate of drug-likeness (QED) is 0.770. The molecule has 2 rings (SSSR count). The molecule has 4 nitrogen and oxygen atoms in total. The van der Waals surface area contributed by atoms with Crippen LogP contribution < -0.4 is 5.32 Å². The van der Waals surface area contributed by atoms with E-state index in [9.17, 15) is 0 Å². The lowest BCUT2D eigenvalue weighted by Crippen LogP contribution is -2.63. The van der Waals surface area contributed by atoms with E-state index in [1.807, 2.05) is 7.11 Å². The topological polar surface area (TPSA) is 27.7 Å². The van der Waals surface area contributed by atoms with Crippen molar-refractivity contribution >= 4 is 0 Å². The average molecular weight is 241 g/mol. The molecule has 0 saturated carbocycles. The van der Waals surface area contributed by atoms with Crippen molar-refractivity contribution in [1.82, 2.24) is 15.1 Å². The fraction of sp³-hybridized carbons (Fsp3) is 1.00. The molecule has 1 N–H and O–H groups in total. The third-order valence-corrected chi connectivity index (χ3v) is 4.71. The second-order valence-electron chi connectivity index (χ2n) is 5.87. The zero-order valence-corrected chi connectivity index (χ0v) is 11.7. The van der Waals surface area contributed by atoms with Gasteiger partial charge in [0.1, 0.15) is 0 Å². The van der Waals surface area contributed by atoms with Crippen molar-refractivity contribution in [2.75, 3.05) is 46.4 Å². The Balaban J connectivity index is 1.81. The molecule has 2 aliphatic rings. The van der Waals surface area contributed by atoms with Gasteiger partial charge in [-0.05, 0) is 20.8 Å². The Bertz CT molecular complexity index is 245. The summed E-state index contributed by atoms with van der Waals surface area (Å²) in [6, 6.07) is 1.28. The molecule has 0 aromatic heterocycles. The third kappa shape index (κ3) is 2.81. The van der Waals surface area contributed by atoms with Crippen molar-refractivity contribution in [3.05, 3.63) is 0 Å². The molecule has 0 aromatic rings.